The number of hydrogen-bond acceptors (Lipinski definition) is 5. The van der Waals surface area contributed by atoms with E-state index in [4.69, 9.17) is 18.9 Å². The Balaban J connectivity index is 1.76. The molecule has 2 aromatic carbocycles. The third kappa shape index (κ3) is 3.41. The second kappa shape index (κ2) is 7.45. The summed E-state index contributed by atoms with van der Waals surface area (Å²) in [5.74, 6) is 3.16. The van der Waals surface area contributed by atoms with E-state index in [0.29, 0.717) is 6.61 Å². The van der Waals surface area contributed by atoms with Gasteiger partial charge in [-0.15, -0.1) is 0 Å². The van der Waals surface area contributed by atoms with Crippen LogP contribution in [0.1, 0.15) is 17.2 Å². The Kier molecular flexibility index (Phi) is 5.11. The van der Waals surface area contributed by atoms with Crippen LogP contribution in [0.3, 0.4) is 0 Å². The average molecular weight is 329 g/mol. The number of benzene rings is 2. The highest BCUT2D eigenvalue weighted by Gasteiger charge is 2.23. The third-order valence-corrected chi connectivity index (χ3v) is 4.28. The SMILES string of the molecule is COc1ccc(OC[C@H]2NCCc3cc(OC)c(OC)cc32)cc1. The van der Waals surface area contributed by atoms with Gasteiger partial charge in [-0.2, -0.15) is 0 Å². The summed E-state index contributed by atoms with van der Waals surface area (Å²) in [6, 6.07) is 11.8. The molecule has 0 amide bonds. The van der Waals surface area contributed by atoms with E-state index in [-0.39, 0.29) is 6.04 Å². The number of nitrogens with one attached hydrogen (secondary N) is 1. The van der Waals surface area contributed by atoms with Gasteiger partial charge in [-0.1, -0.05) is 0 Å². The molecule has 1 aliphatic rings. The van der Waals surface area contributed by atoms with Crippen LogP contribution in [0.25, 0.3) is 0 Å². The van der Waals surface area contributed by atoms with Crippen LogP contribution in [0.15, 0.2) is 36.4 Å². The monoisotopic (exact) mass is 329 g/mol. The quantitative estimate of drug-likeness (QED) is 0.883. The second-order valence-corrected chi connectivity index (χ2v) is 5.65. The van der Waals surface area contributed by atoms with E-state index in [0.717, 1.165) is 36.0 Å². The first-order chi connectivity index (χ1) is 11.7. The van der Waals surface area contributed by atoms with E-state index in [1.165, 1.54) is 11.1 Å². The molecule has 1 atom stereocenters. The van der Waals surface area contributed by atoms with Gasteiger partial charge in [0.2, 0.25) is 0 Å². The molecular weight excluding hydrogens is 306 g/mol. The zero-order valence-electron chi connectivity index (χ0n) is 14.3. The van der Waals surface area contributed by atoms with Crippen molar-refractivity contribution in [3.8, 4) is 23.0 Å². The average Bonchev–Trinajstić information content (AvgIpc) is 2.65. The number of fused-ring (bicyclic) bond motifs is 1. The van der Waals surface area contributed by atoms with Gasteiger partial charge >= 0.3 is 0 Å². The van der Waals surface area contributed by atoms with Crippen LogP contribution in [0, 0.1) is 0 Å². The van der Waals surface area contributed by atoms with Crippen LogP contribution in [-0.4, -0.2) is 34.5 Å². The summed E-state index contributed by atoms with van der Waals surface area (Å²) in [4.78, 5) is 0. The Morgan fingerprint density at radius 1 is 0.917 bits per heavy atom. The molecule has 1 N–H and O–H groups in total. The van der Waals surface area contributed by atoms with Gasteiger partial charge in [-0.3, -0.25) is 0 Å². The lowest BCUT2D eigenvalue weighted by atomic mass is 9.94. The first-order valence-corrected chi connectivity index (χ1v) is 8.00. The lowest BCUT2D eigenvalue weighted by molar-refractivity contribution is 0.260. The topological polar surface area (TPSA) is 49.0 Å². The molecule has 128 valence electrons. The van der Waals surface area contributed by atoms with Crippen molar-refractivity contribution < 1.29 is 18.9 Å². The second-order valence-electron chi connectivity index (χ2n) is 5.65. The predicted octanol–water partition coefficient (Wildman–Crippen LogP) is 2.98. The molecule has 0 saturated heterocycles. The van der Waals surface area contributed by atoms with Crippen molar-refractivity contribution >= 4 is 0 Å². The van der Waals surface area contributed by atoms with Gasteiger partial charge in [0.25, 0.3) is 0 Å². The molecule has 3 rings (SSSR count). The van der Waals surface area contributed by atoms with E-state index in [1.54, 1.807) is 21.3 Å². The Morgan fingerprint density at radius 3 is 2.25 bits per heavy atom. The molecule has 24 heavy (non-hydrogen) atoms. The first-order valence-electron chi connectivity index (χ1n) is 8.00. The van der Waals surface area contributed by atoms with Gasteiger partial charge in [-0.25, -0.2) is 0 Å². The van der Waals surface area contributed by atoms with Crippen LogP contribution in [-0.2, 0) is 6.42 Å². The summed E-state index contributed by atoms with van der Waals surface area (Å²) in [6.07, 6.45) is 0.967. The standard InChI is InChI=1S/C19H23NO4/c1-21-14-4-6-15(7-5-14)24-12-17-16-11-19(23-3)18(22-2)10-13(16)8-9-20-17/h4-7,10-11,17,20H,8-9,12H2,1-3H3/t17-/m1/s1. The summed E-state index contributed by atoms with van der Waals surface area (Å²) in [5.41, 5.74) is 2.47. The minimum atomic E-state index is 0.121. The molecule has 5 nitrogen and oxygen atoms in total. The highest BCUT2D eigenvalue weighted by Crippen LogP contribution is 2.35. The molecule has 1 aliphatic heterocycles. The van der Waals surface area contributed by atoms with Crippen molar-refractivity contribution in [1.82, 2.24) is 5.32 Å². The molecule has 0 bridgehead atoms. The molecule has 0 radical (unpaired) electrons. The van der Waals surface area contributed by atoms with Crippen molar-refractivity contribution in [2.45, 2.75) is 12.5 Å². The van der Waals surface area contributed by atoms with E-state index in [2.05, 4.69) is 11.4 Å². The van der Waals surface area contributed by atoms with Crippen molar-refractivity contribution in [2.75, 3.05) is 34.5 Å². The predicted molar refractivity (Wildman–Crippen MR) is 92.5 cm³/mol. The van der Waals surface area contributed by atoms with Gasteiger partial charge in [0, 0.05) is 0 Å². The van der Waals surface area contributed by atoms with Crippen LogP contribution in [0.4, 0.5) is 0 Å². The molecule has 0 aliphatic carbocycles. The lowest BCUT2D eigenvalue weighted by Gasteiger charge is -2.28. The summed E-state index contributed by atoms with van der Waals surface area (Å²) >= 11 is 0. The lowest BCUT2D eigenvalue weighted by Crippen LogP contribution is -2.33. The number of methoxy groups -OCH3 is 3. The van der Waals surface area contributed by atoms with Crippen LogP contribution in [0.2, 0.25) is 0 Å². The highest BCUT2D eigenvalue weighted by atomic mass is 16.5. The molecule has 2 aromatic rings. The van der Waals surface area contributed by atoms with Crippen LogP contribution < -0.4 is 24.3 Å². The summed E-state index contributed by atoms with van der Waals surface area (Å²) < 4.78 is 21.9. The maximum atomic E-state index is 5.94. The van der Waals surface area contributed by atoms with Crippen LogP contribution >= 0.6 is 0 Å². The summed E-state index contributed by atoms with van der Waals surface area (Å²) in [7, 11) is 4.97. The Bertz CT molecular complexity index is 685. The molecule has 0 aromatic heterocycles. The zero-order valence-corrected chi connectivity index (χ0v) is 14.3. The van der Waals surface area contributed by atoms with Gasteiger partial charge < -0.3 is 24.3 Å². The van der Waals surface area contributed by atoms with Gasteiger partial charge in [0.15, 0.2) is 11.5 Å². The smallest absolute Gasteiger partial charge is 0.161 e. The zero-order chi connectivity index (χ0) is 16.9. The maximum Gasteiger partial charge on any atom is 0.161 e. The molecule has 1 heterocycles. The normalized spacial score (nSPS) is 16.2. The van der Waals surface area contributed by atoms with E-state index in [1.807, 2.05) is 30.3 Å². The van der Waals surface area contributed by atoms with Gasteiger partial charge in [-0.05, 0) is 60.5 Å². The summed E-state index contributed by atoms with van der Waals surface area (Å²) in [5, 5.41) is 3.51. The molecule has 0 spiro atoms. The highest BCUT2D eigenvalue weighted by molar-refractivity contribution is 5.49. The van der Waals surface area contributed by atoms with Crippen molar-refractivity contribution in [1.29, 1.82) is 0 Å². The first kappa shape index (κ1) is 16.5. The van der Waals surface area contributed by atoms with Gasteiger partial charge in [0.05, 0.1) is 27.4 Å². The fourth-order valence-corrected chi connectivity index (χ4v) is 2.97. The number of rotatable bonds is 6. The number of hydrogen-bond donors (Lipinski definition) is 1. The van der Waals surface area contributed by atoms with E-state index >= 15 is 0 Å². The fraction of sp³-hybridized carbons (Fsp3) is 0.368. The molecular formula is C19H23NO4. The summed E-state index contributed by atoms with van der Waals surface area (Å²) in [6.45, 7) is 1.47. The van der Waals surface area contributed by atoms with Crippen molar-refractivity contribution in [2.24, 2.45) is 0 Å². The maximum absolute atomic E-state index is 5.94. The Hall–Kier alpha value is -2.40. The number of ether oxygens (including phenoxy) is 4. The largest absolute Gasteiger partial charge is 0.497 e. The van der Waals surface area contributed by atoms with Crippen molar-refractivity contribution in [3.63, 3.8) is 0 Å². The fourth-order valence-electron chi connectivity index (χ4n) is 2.97. The van der Waals surface area contributed by atoms with E-state index in [9.17, 15) is 0 Å². The molecule has 0 saturated carbocycles. The molecule has 0 unspecified atom stereocenters. The molecule has 0 fully saturated rings. The molecule has 5 heteroatoms. The van der Waals surface area contributed by atoms with Gasteiger partial charge in [0.1, 0.15) is 18.1 Å². The van der Waals surface area contributed by atoms with Crippen molar-refractivity contribution in [3.05, 3.63) is 47.5 Å². The van der Waals surface area contributed by atoms with E-state index < -0.39 is 0 Å². The Labute approximate surface area is 142 Å². The Morgan fingerprint density at radius 2 is 1.58 bits per heavy atom. The minimum Gasteiger partial charge on any atom is -0.497 e. The van der Waals surface area contributed by atoms with Crippen LogP contribution in [0.5, 0.6) is 23.0 Å². The third-order valence-electron chi connectivity index (χ3n) is 4.28. The minimum absolute atomic E-state index is 0.121.